The lowest BCUT2D eigenvalue weighted by Gasteiger charge is -2.29. The zero-order valence-electron chi connectivity index (χ0n) is 15.5. The molecule has 0 saturated heterocycles. The van der Waals surface area contributed by atoms with Crippen LogP contribution in [0.5, 0.6) is 11.5 Å². The molecular formula is C20H20N2O6. The number of para-hydroxylation sites is 1. The van der Waals surface area contributed by atoms with E-state index in [9.17, 15) is 19.5 Å². The number of carbonyl (C=O) groups is 3. The molecule has 0 fully saturated rings. The second-order valence-electron chi connectivity index (χ2n) is 6.22. The first-order valence-electron chi connectivity index (χ1n) is 8.62. The van der Waals surface area contributed by atoms with E-state index in [2.05, 4.69) is 5.32 Å². The van der Waals surface area contributed by atoms with Crippen LogP contribution in [0.25, 0.3) is 0 Å². The van der Waals surface area contributed by atoms with Gasteiger partial charge in [-0.15, -0.1) is 0 Å². The van der Waals surface area contributed by atoms with Gasteiger partial charge in [0.1, 0.15) is 6.54 Å². The third kappa shape index (κ3) is 3.75. The number of hydrogen-bond acceptors (Lipinski definition) is 5. The molecule has 1 aliphatic heterocycles. The Labute approximate surface area is 161 Å². The van der Waals surface area contributed by atoms with Gasteiger partial charge in [-0.1, -0.05) is 18.2 Å². The number of methoxy groups -OCH3 is 2. The monoisotopic (exact) mass is 384 g/mol. The van der Waals surface area contributed by atoms with Crippen molar-refractivity contribution in [2.24, 2.45) is 0 Å². The minimum atomic E-state index is -1.17. The molecule has 2 aromatic rings. The number of amides is 2. The lowest BCUT2D eigenvalue weighted by molar-refractivity contribution is -0.121. The Kier molecular flexibility index (Phi) is 5.49. The summed E-state index contributed by atoms with van der Waals surface area (Å²) >= 11 is 0. The van der Waals surface area contributed by atoms with Crippen molar-refractivity contribution in [3.05, 3.63) is 47.5 Å². The maximum Gasteiger partial charge on any atom is 0.335 e. The predicted molar refractivity (Wildman–Crippen MR) is 102 cm³/mol. The van der Waals surface area contributed by atoms with Crippen molar-refractivity contribution in [3.8, 4) is 11.5 Å². The lowest BCUT2D eigenvalue weighted by Crippen LogP contribution is -2.40. The molecule has 0 atom stereocenters. The van der Waals surface area contributed by atoms with E-state index in [1.165, 1.54) is 31.3 Å². The topological polar surface area (TPSA) is 105 Å². The molecule has 3 rings (SSSR count). The Hall–Kier alpha value is -3.55. The fourth-order valence-electron chi connectivity index (χ4n) is 3.18. The van der Waals surface area contributed by atoms with Crippen molar-refractivity contribution in [3.63, 3.8) is 0 Å². The van der Waals surface area contributed by atoms with E-state index in [1.807, 2.05) is 18.2 Å². The zero-order chi connectivity index (χ0) is 20.3. The Morgan fingerprint density at radius 1 is 1.14 bits per heavy atom. The fraction of sp³-hybridized carbons (Fsp3) is 0.250. The first-order valence-corrected chi connectivity index (χ1v) is 8.62. The van der Waals surface area contributed by atoms with Crippen LogP contribution >= 0.6 is 0 Å². The lowest BCUT2D eigenvalue weighted by atomic mass is 10.0. The van der Waals surface area contributed by atoms with Crippen molar-refractivity contribution < 1.29 is 29.0 Å². The normalized spacial score (nSPS) is 12.9. The van der Waals surface area contributed by atoms with Gasteiger partial charge in [-0.25, -0.2) is 4.79 Å². The smallest absolute Gasteiger partial charge is 0.335 e. The molecule has 2 amide bonds. The van der Waals surface area contributed by atoms with Crippen molar-refractivity contribution >= 4 is 29.2 Å². The Balaban J connectivity index is 1.87. The molecule has 8 heteroatoms. The van der Waals surface area contributed by atoms with Gasteiger partial charge < -0.3 is 24.8 Å². The largest absolute Gasteiger partial charge is 0.493 e. The number of benzene rings is 2. The number of ether oxygens (including phenoxy) is 2. The molecular weight excluding hydrogens is 364 g/mol. The molecule has 0 saturated carbocycles. The summed E-state index contributed by atoms with van der Waals surface area (Å²) in [6.45, 7) is -0.196. The summed E-state index contributed by atoms with van der Waals surface area (Å²) in [6, 6.07) is 10.0. The summed E-state index contributed by atoms with van der Waals surface area (Å²) in [5.41, 5.74) is 1.80. The van der Waals surface area contributed by atoms with Crippen LogP contribution in [0, 0.1) is 0 Å². The first-order chi connectivity index (χ1) is 13.4. The Morgan fingerprint density at radius 2 is 1.89 bits per heavy atom. The van der Waals surface area contributed by atoms with Gasteiger partial charge >= 0.3 is 5.97 Å². The van der Waals surface area contributed by atoms with Crippen LogP contribution < -0.4 is 19.7 Å². The summed E-state index contributed by atoms with van der Waals surface area (Å²) in [7, 11) is 2.76. The highest BCUT2D eigenvalue weighted by atomic mass is 16.5. The summed E-state index contributed by atoms with van der Waals surface area (Å²) in [6.07, 6.45) is 0.967. The maximum absolute atomic E-state index is 12.6. The maximum atomic E-state index is 12.6. The second kappa shape index (κ2) is 7.99. The van der Waals surface area contributed by atoms with Gasteiger partial charge in [-0.2, -0.15) is 0 Å². The number of carboxylic acid groups (broad SMARTS) is 1. The highest BCUT2D eigenvalue weighted by Gasteiger charge is 2.26. The second-order valence-corrected chi connectivity index (χ2v) is 6.22. The first kappa shape index (κ1) is 19.2. The molecule has 2 aromatic carbocycles. The summed E-state index contributed by atoms with van der Waals surface area (Å²) in [4.78, 5) is 37.7. The average Bonchev–Trinajstić information content (AvgIpc) is 2.69. The van der Waals surface area contributed by atoms with Gasteiger partial charge in [-0.05, 0) is 30.2 Å². The number of fused-ring (bicyclic) bond motifs is 1. The van der Waals surface area contributed by atoms with E-state index in [0.717, 1.165) is 5.56 Å². The number of aromatic carboxylic acids is 1. The number of aryl methyl sites for hydroxylation is 1. The number of carboxylic acids is 1. The van der Waals surface area contributed by atoms with E-state index in [-0.39, 0.29) is 35.2 Å². The van der Waals surface area contributed by atoms with Gasteiger partial charge in [0.15, 0.2) is 11.5 Å². The molecule has 1 heterocycles. The number of nitrogens with one attached hydrogen (secondary N) is 1. The molecule has 0 radical (unpaired) electrons. The molecule has 0 aliphatic carbocycles. The quantitative estimate of drug-likeness (QED) is 0.792. The molecule has 8 nitrogen and oxygen atoms in total. The molecule has 0 spiro atoms. The molecule has 0 unspecified atom stereocenters. The van der Waals surface area contributed by atoms with E-state index in [4.69, 9.17) is 9.47 Å². The third-order valence-corrected chi connectivity index (χ3v) is 4.49. The van der Waals surface area contributed by atoms with Gasteiger partial charge in [0, 0.05) is 12.1 Å². The SMILES string of the molecule is COc1cc(C(=O)O)cc(NC(=O)CN2C(=O)CCc3ccccc32)c1OC. The van der Waals surface area contributed by atoms with Crippen LogP contribution in [0.2, 0.25) is 0 Å². The molecule has 28 heavy (non-hydrogen) atoms. The third-order valence-electron chi connectivity index (χ3n) is 4.49. The molecule has 0 bridgehead atoms. The molecule has 146 valence electrons. The Morgan fingerprint density at radius 3 is 2.57 bits per heavy atom. The number of carbonyl (C=O) groups excluding carboxylic acids is 2. The minimum Gasteiger partial charge on any atom is -0.493 e. The average molecular weight is 384 g/mol. The van der Waals surface area contributed by atoms with Crippen molar-refractivity contribution in [1.29, 1.82) is 0 Å². The molecule has 0 aromatic heterocycles. The summed E-state index contributed by atoms with van der Waals surface area (Å²) < 4.78 is 10.4. The van der Waals surface area contributed by atoms with Crippen molar-refractivity contribution in [2.45, 2.75) is 12.8 Å². The van der Waals surface area contributed by atoms with E-state index in [1.54, 1.807) is 6.07 Å². The number of anilines is 2. The van der Waals surface area contributed by atoms with Crippen LogP contribution in [0.1, 0.15) is 22.3 Å². The molecule has 1 aliphatic rings. The highest BCUT2D eigenvalue weighted by molar-refractivity contribution is 6.05. The van der Waals surface area contributed by atoms with E-state index in [0.29, 0.717) is 18.5 Å². The van der Waals surface area contributed by atoms with Gasteiger partial charge in [0.2, 0.25) is 11.8 Å². The zero-order valence-corrected chi connectivity index (χ0v) is 15.5. The fourth-order valence-corrected chi connectivity index (χ4v) is 3.18. The van der Waals surface area contributed by atoms with Crippen molar-refractivity contribution in [1.82, 2.24) is 0 Å². The molecule has 2 N–H and O–H groups in total. The van der Waals surface area contributed by atoms with Crippen LogP contribution in [0.3, 0.4) is 0 Å². The van der Waals surface area contributed by atoms with E-state index >= 15 is 0 Å². The minimum absolute atomic E-state index is 0.0626. The van der Waals surface area contributed by atoms with Crippen LogP contribution in [0.15, 0.2) is 36.4 Å². The highest BCUT2D eigenvalue weighted by Crippen LogP contribution is 2.37. The van der Waals surface area contributed by atoms with Gasteiger partial charge in [0.25, 0.3) is 0 Å². The van der Waals surface area contributed by atoms with Gasteiger partial charge in [0.05, 0.1) is 25.5 Å². The van der Waals surface area contributed by atoms with Crippen molar-refractivity contribution in [2.75, 3.05) is 31.0 Å². The van der Waals surface area contributed by atoms with Crippen LogP contribution in [-0.2, 0) is 16.0 Å². The van der Waals surface area contributed by atoms with Crippen LogP contribution in [-0.4, -0.2) is 43.7 Å². The number of nitrogens with zero attached hydrogens (tertiary/aromatic N) is 1. The van der Waals surface area contributed by atoms with Crippen LogP contribution in [0.4, 0.5) is 11.4 Å². The van der Waals surface area contributed by atoms with Gasteiger partial charge in [-0.3, -0.25) is 9.59 Å². The standard InChI is InChI=1S/C20H20N2O6/c1-27-16-10-13(20(25)26)9-14(19(16)28-2)21-17(23)11-22-15-6-4-3-5-12(15)7-8-18(22)24/h3-6,9-10H,7-8,11H2,1-2H3,(H,21,23)(H,25,26). The predicted octanol–water partition coefficient (Wildman–Crippen LogP) is 2.32. The summed E-state index contributed by atoms with van der Waals surface area (Å²) in [5.74, 6) is -1.41. The summed E-state index contributed by atoms with van der Waals surface area (Å²) in [5, 5.41) is 11.9. The number of rotatable bonds is 6. The Bertz CT molecular complexity index is 940. The van der Waals surface area contributed by atoms with E-state index < -0.39 is 11.9 Å². The number of hydrogen-bond donors (Lipinski definition) is 2.